The number of hydrazine groups is 1. The SMILES string of the molecule is CC(C)c1nc(NN)cc(NCc2sccc2Br)n1. The van der Waals surface area contributed by atoms with E-state index in [1.54, 1.807) is 17.4 Å². The summed E-state index contributed by atoms with van der Waals surface area (Å²) in [6.45, 7) is 4.82. The van der Waals surface area contributed by atoms with Crippen LogP contribution in [0.5, 0.6) is 0 Å². The summed E-state index contributed by atoms with van der Waals surface area (Å²) in [5.41, 5.74) is 2.57. The second-order valence-electron chi connectivity index (χ2n) is 4.34. The highest BCUT2D eigenvalue weighted by atomic mass is 79.9. The number of rotatable bonds is 5. The molecule has 2 aromatic heterocycles. The molecule has 2 aromatic rings. The normalized spacial score (nSPS) is 10.8. The minimum Gasteiger partial charge on any atom is -0.365 e. The van der Waals surface area contributed by atoms with Gasteiger partial charge in [-0.15, -0.1) is 11.3 Å². The lowest BCUT2D eigenvalue weighted by molar-refractivity contribution is 0.775. The van der Waals surface area contributed by atoms with Crippen molar-refractivity contribution in [2.45, 2.75) is 26.3 Å². The van der Waals surface area contributed by atoms with Crippen molar-refractivity contribution in [3.8, 4) is 0 Å². The van der Waals surface area contributed by atoms with Gasteiger partial charge in [0.15, 0.2) is 0 Å². The molecule has 0 aliphatic rings. The third-order valence-electron chi connectivity index (χ3n) is 2.53. The number of nitrogen functional groups attached to an aromatic ring is 1. The van der Waals surface area contributed by atoms with E-state index in [0.717, 1.165) is 22.7 Å². The van der Waals surface area contributed by atoms with Crippen molar-refractivity contribution in [3.05, 3.63) is 32.7 Å². The maximum Gasteiger partial charge on any atom is 0.145 e. The molecule has 0 bridgehead atoms. The second-order valence-corrected chi connectivity index (χ2v) is 6.20. The van der Waals surface area contributed by atoms with Crippen LogP contribution in [-0.2, 0) is 6.54 Å². The van der Waals surface area contributed by atoms with Gasteiger partial charge in [0.2, 0.25) is 0 Å². The van der Waals surface area contributed by atoms with E-state index in [9.17, 15) is 0 Å². The fourth-order valence-corrected chi connectivity index (χ4v) is 2.94. The molecule has 4 N–H and O–H groups in total. The standard InChI is InChI=1S/C12H16BrN5S/c1-7(2)12-16-10(5-11(17-12)18-14)15-6-9-8(13)3-4-19-9/h3-5,7H,6,14H2,1-2H3,(H2,15,16,17,18). The summed E-state index contributed by atoms with van der Waals surface area (Å²) >= 11 is 5.21. The third-order valence-corrected chi connectivity index (χ3v) is 4.46. The fourth-order valence-electron chi connectivity index (χ4n) is 1.51. The van der Waals surface area contributed by atoms with Gasteiger partial charge in [-0.1, -0.05) is 13.8 Å². The van der Waals surface area contributed by atoms with Crippen molar-refractivity contribution in [1.29, 1.82) is 0 Å². The van der Waals surface area contributed by atoms with Gasteiger partial charge in [-0.3, -0.25) is 0 Å². The number of nitrogens with two attached hydrogens (primary N) is 1. The van der Waals surface area contributed by atoms with Gasteiger partial charge in [-0.25, -0.2) is 15.8 Å². The van der Waals surface area contributed by atoms with Crippen LogP contribution in [0, 0.1) is 0 Å². The Morgan fingerprint density at radius 2 is 2.11 bits per heavy atom. The van der Waals surface area contributed by atoms with Gasteiger partial charge in [0.05, 0.1) is 6.54 Å². The highest BCUT2D eigenvalue weighted by Crippen LogP contribution is 2.24. The molecule has 0 aliphatic heterocycles. The van der Waals surface area contributed by atoms with Crippen LogP contribution in [0.1, 0.15) is 30.5 Å². The Bertz CT molecular complexity index is 555. The number of hydrogen-bond donors (Lipinski definition) is 3. The zero-order valence-corrected chi connectivity index (χ0v) is 13.2. The number of nitrogens with one attached hydrogen (secondary N) is 2. The van der Waals surface area contributed by atoms with E-state index in [-0.39, 0.29) is 5.92 Å². The predicted octanol–water partition coefficient (Wildman–Crippen LogP) is 3.32. The maximum absolute atomic E-state index is 5.43. The smallest absolute Gasteiger partial charge is 0.145 e. The Morgan fingerprint density at radius 1 is 1.37 bits per heavy atom. The quantitative estimate of drug-likeness (QED) is 0.574. The van der Waals surface area contributed by atoms with Gasteiger partial charge < -0.3 is 10.7 Å². The van der Waals surface area contributed by atoms with Crippen molar-refractivity contribution < 1.29 is 0 Å². The second kappa shape index (κ2) is 6.31. The van der Waals surface area contributed by atoms with Gasteiger partial charge >= 0.3 is 0 Å². The summed E-state index contributed by atoms with van der Waals surface area (Å²) in [7, 11) is 0. The largest absolute Gasteiger partial charge is 0.365 e. The third kappa shape index (κ3) is 3.65. The molecule has 2 heterocycles. The van der Waals surface area contributed by atoms with Gasteiger partial charge in [0.1, 0.15) is 17.5 Å². The van der Waals surface area contributed by atoms with Crippen molar-refractivity contribution in [2.24, 2.45) is 5.84 Å². The summed E-state index contributed by atoms with van der Waals surface area (Å²) in [5.74, 6) is 7.84. The van der Waals surface area contributed by atoms with Crippen molar-refractivity contribution in [3.63, 3.8) is 0 Å². The molecule has 0 radical (unpaired) electrons. The fraction of sp³-hybridized carbons (Fsp3) is 0.333. The van der Waals surface area contributed by atoms with Crippen LogP contribution in [0.25, 0.3) is 0 Å². The average Bonchev–Trinajstić information content (AvgIpc) is 2.81. The number of hydrogen-bond acceptors (Lipinski definition) is 6. The summed E-state index contributed by atoms with van der Waals surface area (Å²) in [4.78, 5) is 10.0. The van der Waals surface area contributed by atoms with Crippen LogP contribution >= 0.6 is 27.3 Å². The zero-order chi connectivity index (χ0) is 13.8. The summed E-state index contributed by atoms with van der Waals surface area (Å²) in [6.07, 6.45) is 0. The van der Waals surface area contributed by atoms with Crippen LogP contribution in [-0.4, -0.2) is 9.97 Å². The highest BCUT2D eigenvalue weighted by Gasteiger charge is 2.08. The summed E-state index contributed by atoms with van der Waals surface area (Å²) < 4.78 is 1.11. The lowest BCUT2D eigenvalue weighted by Gasteiger charge is -2.11. The topological polar surface area (TPSA) is 75.9 Å². The number of nitrogens with zero attached hydrogens (tertiary/aromatic N) is 2. The Labute approximate surface area is 124 Å². The number of aromatic nitrogens is 2. The van der Waals surface area contributed by atoms with Crippen LogP contribution in [0.15, 0.2) is 22.0 Å². The first-order valence-electron chi connectivity index (χ1n) is 5.91. The molecule has 0 amide bonds. The number of anilines is 2. The zero-order valence-electron chi connectivity index (χ0n) is 10.8. The minimum atomic E-state index is 0.252. The van der Waals surface area contributed by atoms with Crippen LogP contribution in [0.2, 0.25) is 0 Å². The maximum atomic E-state index is 5.43. The molecule has 5 nitrogen and oxygen atoms in total. The summed E-state index contributed by atoms with van der Waals surface area (Å²) in [6, 6.07) is 3.83. The molecule has 0 spiro atoms. The molecule has 0 aliphatic carbocycles. The molecule has 2 rings (SSSR count). The number of thiophene rings is 1. The van der Waals surface area contributed by atoms with E-state index in [1.807, 2.05) is 11.4 Å². The van der Waals surface area contributed by atoms with Crippen LogP contribution in [0.3, 0.4) is 0 Å². The Kier molecular flexibility index (Phi) is 4.73. The lowest BCUT2D eigenvalue weighted by atomic mass is 10.2. The van der Waals surface area contributed by atoms with E-state index in [4.69, 9.17) is 5.84 Å². The highest BCUT2D eigenvalue weighted by molar-refractivity contribution is 9.10. The molecule has 0 saturated carbocycles. The Hall–Kier alpha value is -1.18. The molecule has 0 saturated heterocycles. The first-order chi connectivity index (χ1) is 9.10. The van der Waals surface area contributed by atoms with Crippen LogP contribution in [0.4, 0.5) is 11.6 Å². The molecular weight excluding hydrogens is 326 g/mol. The number of halogens is 1. The molecular formula is C12H16BrN5S. The molecule has 19 heavy (non-hydrogen) atoms. The summed E-state index contributed by atoms with van der Waals surface area (Å²) in [5, 5.41) is 5.34. The lowest BCUT2D eigenvalue weighted by Crippen LogP contribution is -2.12. The first-order valence-corrected chi connectivity index (χ1v) is 7.58. The molecule has 102 valence electrons. The molecule has 7 heteroatoms. The van der Waals surface area contributed by atoms with E-state index in [2.05, 4.69) is 50.5 Å². The molecule has 0 fully saturated rings. The molecule has 0 unspecified atom stereocenters. The Morgan fingerprint density at radius 3 is 2.68 bits per heavy atom. The minimum absolute atomic E-state index is 0.252. The van der Waals surface area contributed by atoms with Crippen molar-refractivity contribution in [2.75, 3.05) is 10.7 Å². The van der Waals surface area contributed by atoms with Crippen molar-refractivity contribution in [1.82, 2.24) is 9.97 Å². The van der Waals surface area contributed by atoms with E-state index < -0.39 is 0 Å². The predicted molar refractivity (Wildman–Crippen MR) is 83.3 cm³/mol. The monoisotopic (exact) mass is 341 g/mol. The molecule has 0 atom stereocenters. The van der Waals surface area contributed by atoms with Gasteiger partial charge in [-0.2, -0.15) is 0 Å². The van der Waals surface area contributed by atoms with Gasteiger partial charge in [-0.05, 0) is 27.4 Å². The average molecular weight is 342 g/mol. The van der Waals surface area contributed by atoms with Crippen LogP contribution < -0.4 is 16.6 Å². The van der Waals surface area contributed by atoms with Crippen molar-refractivity contribution >= 4 is 38.9 Å². The van der Waals surface area contributed by atoms with E-state index in [0.29, 0.717) is 5.82 Å². The van der Waals surface area contributed by atoms with Gasteiger partial charge in [0, 0.05) is 21.3 Å². The first kappa shape index (κ1) is 14.2. The Balaban J connectivity index is 2.15. The van der Waals surface area contributed by atoms with E-state index >= 15 is 0 Å². The van der Waals surface area contributed by atoms with E-state index in [1.165, 1.54) is 4.88 Å². The van der Waals surface area contributed by atoms with Gasteiger partial charge in [0.25, 0.3) is 0 Å². The molecule has 0 aromatic carbocycles.